The molecule has 0 spiro atoms. The lowest BCUT2D eigenvalue weighted by atomic mass is 10.1. The van der Waals surface area contributed by atoms with Gasteiger partial charge in [0.2, 0.25) is 0 Å². The molecule has 2 heterocycles. The van der Waals surface area contributed by atoms with Crippen molar-refractivity contribution in [2.24, 2.45) is 0 Å². The molecule has 0 aliphatic rings. The van der Waals surface area contributed by atoms with Crippen molar-refractivity contribution < 1.29 is 9.90 Å². The molecule has 6 heteroatoms. The standard InChI is InChI=1S/C14H15N3O3/c1-9(6-10-2-4-15-5-3-10)17-14(20)11-8-16-13(19)7-12(11)18/h2-5,7-9H,6H2,1H3,(H,17,20)(H2,16,18,19). The number of hydrogen-bond donors (Lipinski definition) is 3. The maximum absolute atomic E-state index is 12.0. The summed E-state index contributed by atoms with van der Waals surface area (Å²) in [5.74, 6) is -0.761. The Labute approximate surface area is 115 Å². The third-order valence-electron chi connectivity index (χ3n) is 2.82. The van der Waals surface area contributed by atoms with Crippen LogP contribution >= 0.6 is 0 Å². The van der Waals surface area contributed by atoms with E-state index in [1.54, 1.807) is 12.4 Å². The van der Waals surface area contributed by atoms with Gasteiger partial charge in [-0.25, -0.2) is 0 Å². The number of carbonyl (C=O) groups is 1. The molecule has 0 saturated heterocycles. The van der Waals surface area contributed by atoms with Gasteiger partial charge in [0.25, 0.3) is 11.5 Å². The van der Waals surface area contributed by atoms with Gasteiger partial charge in [0, 0.05) is 30.7 Å². The minimum atomic E-state index is -0.455. The molecule has 0 saturated carbocycles. The van der Waals surface area contributed by atoms with E-state index < -0.39 is 11.5 Å². The molecule has 0 aromatic carbocycles. The monoisotopic (exact) mass is 273 g/mol. The molecule has 0 radical (unpaired) electrons. The summed E-state index contributed by atoms with van der Waals surface area (Å²) in [6.45, 7) is 1.86. The fraction of sp³-hybridized carbons (Fsp3) is 0.214. The van der Waals surface area contributed by atoms with Crippen LogP contribution in [0.2, 0.25) is 0 Å². The van der Waals surface area contributed by atoms with Crippen molar-refractivity contribution in [3.63, 3.8) is 0 Å². The summed E-state index contributed by atoms with van der Waals surface area (Å²) in [5.41, 5.74) is 0.647. The van der Waals surface area contributed by atoms with Gasteiger partial charge in [-0.15, -0.1) is 0 Å². The first-order valence-corrected chi connectivity index (χ1v) is 6.17. The lowest BCUT2D eigenvalue weighted by Gasteiger charge is -2.14. The number of pyridine rings is 2. The molecule has 2 rings (SSSR count). The van der Waals surface area contributed by atoms with Crippen LogP contribution in [0.15, 0.2) is 41.6 Å². The van der Waals surface area contributed by atoms with E-state index in [4.69, 9.17) is 0 Å². The van der Waals surface area contributed by atoms with Gasteiger partial charge in [0.05, 0.1) is 5.56 Å². The van der Waals surface area contributed by atoms with Gasteiger partial charge < -0.3 is 15.4 Å². The highest BCUT2D eigenvalue weighted by atomic mass is 16.3. The molecule has 1 atom stereocenters. The fourth-order valence-corrected chi connectivity index (χ4v) is 1.87. The van der Waals surface area contributed by atoms with E-state index in [1.165, 1.54) is 6.20 Å². The molecule has 6 nitrogen and oxygen atoms in total. The van der Waals surface area contributed by atoms with Crippen LogP contribution in [-0.2, 0) is 6.42 Å². The Bertz CT molecular complexity index is 652. The second kappa shape index (κ2) is 6.01. The first-order valence-electron chi connectivity index (χ1n) is 6.17. The molecule has 0 aliphatic carbocycles. The van der Waals surface area contributed by atoms with Gasteiger partial charge in [-0.2, -0.15) is 0 Å². The summed E-state index contributed by atoms with van der Waals surface area (Å²) < 4.78 is 0. The molecule has 2 aromatic heterocycles. The molecule has 1 unspecified atom stereocenters. The molecule has 2 aromatic rings. The van der Waals surface area contributed by atoms with Crippen LogP contribution in [0.4, 0.5) is 0 Å². The number of aromatic nitrogens is 2. The molecule has 0 fully saturated rings. The van der Waals surface area contributed by atoms with Crippen molar-refractivity contribution in [3.05, 3.63) is 58.3 Å². The Hall–Kier alpha value is -2.63. The first kappa shape index (κ1) is 13.8. The Morgan fingerprint density at radius 1 is 1.45 bits per heavy atom. The van der Waals surface area contributed by atoms with Crippen LogP contribution in [0.1, 0.15) is 22.8 Å². The summed E-state index contributed by atoms with van der Waals surface area (Å²) in [6.07, 6.45) is 5.24. The van der Waals surface area contributed by atoms with Crippen LogP contribution in [0.3, 0.4) is 0 Å². The van der Waals surface area contributed by atoms with Crippen molar-refractivity contribution in [1.82, 2.24) is 15.3 Å². The zero-order chi connectivity index (χ0) is 14.5. The van der Waals surface area contributed by atoms with E-state index in [0.717, 1.165) is 11.6 Å². The number of hydrogen-bond acceptors (Lipinski definition) is 4. The van der Waals surface area contributed by atoms with Crippen LogP contribution in [-0.4, -0.2) is 27.0 Å². The quantitative estimate of drug-likeness (QED) is 0.769. The van der Waals surface area contributed by atoms with Crippen molar-refractivity contribution in [3.8, 4) is 5.75 Å². The Morgan fingerprint density at radius 3 is 2.80 bits per heavy atom. The van der Waals surface area contributed by atoms with Crippen LogP contribution in [0.5, 0.6) is 5.75 Å². The largest absolute Gasteiger partial charge is 0.507 e. The highest BCUT2D eigenvalue weighted by Crippen LogP contribution is 2.12. The number of nitrogens with zero attached hydrogens (tertiary/aromatic N) is 1. The predicted molar refractivity (Wildman–Crippen MR) is 73.6 cm³/mol. The van der Waals surface area contributed by atoms with Crippen LogP contribution in [0, 0.1) is 0 Å². The topological polar surface area (TPSA) is 95.1 Å². The van der Waals surface area contributed by atoms with E-state index in [9.17, 15) is 14.7 Å². The number of H-pyrrole nitrogens is 1. The van der Waals surface area contributed by atoms with Gasteiger partial charge in [0.1, 0.15) is 5.75 Å². The van der Waals surface area contributed by atoms with Gasteiger partial charge in [-0.1, -0.05) is 0 Å². The van der Waals surface area contributed by atoms with Gasteiger partial charge in [-0.05, 0) is 31.0 Å². The van der Waals surface area contributed by atoms with Gasteiger partial charge in [-0.3, -0.25) is 14.6 Å². The summed E-state index contributed by atoms with van der Waals surface area (Å²) >= 11 is 0. The Balaban J connectivity index is 2.02. The molecule has 0 aliphatic heterocycles. The van der Waals surface area contributed by atoms with Crippen LogP contribution < -0.4 is 10.9 Å². The van der Waals surface area contributed by atoms with Crippen molar-refractivity contribution in [2.45, 2.75) is 19.4 Å². The molecule has 3 N–H and O–H groups in total. The SMILES string of the molecule is CC(Cc1ccncc1)NC(=O)c1c[nH]c(=O)cc1O. The smallest absolute Gasteiger partial charge is 0.256 e. The summed E-state index contributed by atoms with van der Waals surface area (Å²) in [4.78, 5) is 29.2. The third-order valence-corrected chi connectivity index (χ3v) is 2.82. The van der Waals surface area contributed by atoms with E-state index in [2.05, 4.69) is 15.3 Å². The van der Waals surface area contributed by atoms with Crippen molar-refractivity contribution in [1.29, 1.82) is 0 Å². The second-order valence-corrected chi connectivity index (χ2v) is 4.53. The molecular weight excluding hydrogens is 258 g/mol. The second-order valence-electron chi connectivity index (χ2n) is 4.53. The maximum Gasteiger partial charge on any atom is 0.256 e. The molecule has 20 heavy (non-hydrogen) atoms. The zero-order valence-electron chi connectivity index (χ0n) is 11.0. The highest BCUT2D eigenvalue weighted by Gasteiger charge is 2.14. The number of amides is 1. The minimum absolute atomic E-state index is 0.0474. The Kier molecular flexibility index (Phi) is 4.14. The van der Waals surface area contributed by atoms with E-state index in [1.807, 2.05) is 19.1 Å². The highest BCUT2D eigenvalue weighted by molar-refractivity contribution is 5.96. The van der Waals surface area contributed by atoms with E-state index >= 15 is 0 Å². The third kappa shape index (κ3) is 3.44. The van der Waals surface area contributed by atoms with Crippen LogP contribution in [0.25, 0.3) is 0 Å². The minimum Gasteiger partial charge on any atom is -0.507 e. The predicted octanol–water partition coefficient (Wildman–Crippen LogP) is 0.836. The van der Waals surface area contributed by atoms with E-state index in [0.29, 0.717) is 6.42 Å². The van der Waals surface area contributed by atoms with Crippen molar-refractivity contribution in [2.75, 3.05) is 0 Å². The summed E-state index contributed by atoms with van der Waals surface area (Å²) in [7, 11) is 0. The number of nitrogens with one attached hydrogen (secondary N) is 2. The maximum atomic E-state index is 12.0. The number of rotatable bonds is 4. The summed E-state index contributed by atoms with van der Waals surface area (Å²) in [5, 5.41) is 12.3. The Morgan fingerprint density at radius 2 is 2.15 bits per heavy atom. The normalized spacial score (nSPS) is 11.8. The number of aromatic amines is 1. The fourth-order valence-electron chi connectivity index (χ4n) is 1.87. The average molecular weight is 273 g/mol. The lowest BCUT2D eigenvalue weighted by molar-refractivity contribution is 0.0937. The molecule has 104 valence electrons. The number of carbonyl (C=O) groups excluding carboxylic acids is 1. The van der Waals surface area contributed by atoms with Gasteiger partial charge >= 0.3 is 0 Å². The zero-order valence-corrected chi connectivity index (χ0v) is 11.0. The average Bonchev–Trinajstić information content (AvgIpc) is 2.39. The molecular formula is C14H15N3O3. The first-order chi connectivity index (χ1) is 9.56. The molecule has 0 bridgehead atoms. The summed E-state index contributed by atoms with van der Waals surface area (Å²) in [6, 6.07) is 4.61. The van der Waals surface area contributed by atoms with E-state index in [-0.39, 0.29) is 17.4 Å². The lowest BCUT2D eigenvalue weighted by Crippen LogP contribution is -2.34. The number of aromatic hydroxyl groups is 1. The van der Waals surface area contributed by atoms with Crippen molar-refractivity contribution >= 4 is 5.91 Å². The van der Waals surface area contributed by atoms with Gasteiger partial charge in [0.15, 0.2) is 0 Å². The molecule has 1 amide bonds.